The summed E-state index contributed by atoms with van der Waals surface area (Å²) >= 11 is 0. The van der Waals surface area contributed by atoms with Crippen molar-refractivity contribution in [1.29, 1.82) is 0 Å². The van der Waals surface area contributed by atoms with Crippen LogP contribution in [0.3, 0.4) is 0 Å². The highest BCUT2D eigenvalue weighted by atomic mass is 16.1. The van der Waals surface area contributed by atoms with Crippen molar-refractivity contribution in [3.8, 4) is 0 Å². The fourth-order valence-corrected chi connectivity index (χ4v) is 1.43. The van der Waals surface area contributed by atoms with Crippen LogP contribution in [0.5, 0.6) is 0 Å². The van der Waals surface area contributed by atoms with Gasteiger partial charge in [0.25, 0.3) is 5.91 Å². The molecule has 1 N–H and O–H groups in total. The van der Waals surface area contributed by atoms with Crippen molar-refractivity contribution in [2.45, 2.75) is 40.5 Å². The standard InChI is InChI=1S/C15H21NO/c1-10(2)12(5)15(17)16-14-8-6-7-13(9-14)11(3)4/h6-9,11H,1-5H3,(H,16,17). The van der Waals surface area contributed by atoms with Gasteiger partial charge in [-0.1, -0.05) is 31.6 Å². The molecule has 1 aromatic carbocycles. The zero-order valence-electron chi connectivity index (χ0n) is 11.3. The van der Waals surface area contributed by atoms with E-state index in [2.05, 4.69) is 25.2 Å². The molecule has 0 atom stereocenters. The van der Waals surface area contributed by atoms with Crippen LogP contribution in [0.1, 0.15) is 46.1 Å². The summed E-state index contributed by atoms with van der Waals surface area (Å²) in [6.07, 6.45) is 0. The molecular weight excluding hydrogens is 210 g/mol. The third kappa shape index (κ3) is 3.74. The Kier molecular flexibility index (Phi) is 4.50. The fraction of sp³-hybridized carbons (Fsp3) is 0.400. The van der Waals surface area contributed by atoms with Gasteiger partial charge in [-0.15, -0.1) is 0 Å². The zero-order chi connectivity index (χ0) is 13.0. The van der Waals surface area contributed by atoms with Crippen molar-refractivity contribution in [2.24, 2.45) is 0 Å². The summed E-state index contributed by atoms with van der Waals surface area (Å²) in [4.78, 5) is 11.9. The van der Waals surface area contributed by atoms with E-state index < -0.39 is 0 Å². The Morgan fingerprint density at radius 1 is 1.18 bits per heavy atom. The second-order valence-corrected chi connectivity index (χ2v) is 4.86. The predicted octanol–water partition coefficient (Wildman–Crippen LogP) is 4.10. The normalized spacial score (nSPS) is 10.2. The van der Waals surface area contributed by atoms with Gasteiger partial charge in [0.15, 0.2) is 0 Å². The average Bonchev–Trinajstić information content (AvgIpc) is 2.28. The van der Waals surface area contributed by atoms with Gasteiger partial charge in [0, 0.05) is 11.3 Å². The van der Waals surface area contributed by atoms with Crippen LogP contribution in [0.15, 0.2) is 35.4 Å². The largest absolute Gasteiger partial charge is 0.322 e. The highest BCUT2D eigenvalue weighted by molar-refractivity contribution is 6.03. The number of benzene rings is 1. The Bertz CT molecular complexity index is 440. The lowest BCUT2D eigenvalue weighted by molar-refractivity contribution is -0.112. The highest BCUT2D eigenvalue weighted by Gasteiger charge is 2.07. The predicted molar refractivity (Wildman–Crippen MR) is 73.2 cm³/mol. The number of allylic oxidation sites excluding steroid dienone is 1. The summed E-state index contributed by atoms with van der Waals surface area (Å²) in [6.45, 7) is 10.0. The number of nitrogens with one attached hydrogen (secondary N) is 1. The number of carbonyl (C=O) groups is 1. The van der Waals surface area contributed by atoms with E-state index in [1.165, 1.54) is 5.56 Å². The molecule has 2 heteroatoms. The number of carbonyl (C=O) groups excluding carboxylic acids is 1. The number of hydrogen-bond donors (Lipinski definition) is 1. The molecular formula is C15H21NO. The van der Waals surface area contributed by atoms with Crippen LogP contribution in [0.4, 0.5) is 5.69 Å². The number of rotatable bonds is 3. The molecule has 0 saturated heterocycles. The van der Waals surface area contributed by atoms with Crippen molar-refractivity contribution in [1.82, 2.24) is 0 Å². The first-order valence-corrected chi connectivity index (χ1v) is 5.97. The lowest BCUT2D eigenvalue weighted by atomic mass is 10.0. The van der Waals surface area contributed by atoms with E-state index in [1.54, 1.807) is 0 Å². The van der Waals surface area contributed by atoms with E-state index in [0.29, 0.717) is 5.92 Å². The van der Waals surface area contributed by atoms with E-state index in [9.17, 15) is 4.79 Å². The molecule has 1 aromatic rings. The van der Waals surface area contributed by atoms with E-state index in [0.717, 1.165) is 16.8 Å². The Labute approximate surface area is 104 Å². The van der Waals surface area contributed by atoms with Crippen molar-refractivity contribution >= 4 is 11.6 Å². The maximum Gasteiger partial charge on any atom is 0.251 e. The van der Waals surface area contributed by atoms with Crippen LogP contribution >= 0.6 is 0 Å². The van der Waals surface area contributed by atoms with Crippen LogP contribution in [0.25, 0.3) is 0 Å². The lowest BCUT2D eigenvalue weighted by Crippen LogP contribution is -2.13. The molecule has 1 rings (SSSR count). The van der Waals surface area contributed by atoms with Crippen molar-refractivity contribution in [2.75, 3.05) is 5.32 Å². The molecule has 0 fully saturated rings. The quantitative estimate of drug-likeness (QED) is 0.779. The van der Waals surface area contributed by atoms with Crippen LogP contribution < -0.4 is 5.32 Å². The molecule has 0 spiro atoms. The van der Waals surface area contributed by atoms with Gasteiger partial charge in [-0.05, 0) is 44.4 Å². The van der Waals surface area contributed by atoms with Gasteiger partial charge >= 0.3 is 0 Å². The van der Waals surface area contributed by atoms with Gasteiger partial charge in [-0.3, -0.25) is 4.79 Å². The molecule has 92 valence electrons. The minimum absolute atomic E-state index is 0.0223. The minimum Gasteiger partial charge on any atom is -0.322 e. The van der Waals surface area contributed by atoms with Gasteiger partial charge in [-0.2, -0.15) is 0 Å². The van der Waals surface area contributed by atoms with Crippen LogP contribution in [-0.4, -0.2) is 5.91 Å². The SMILES string of the molecule is CC(C)=C(C)C(=O)Nc1cccc(C(C)C)c1. The number of amides is 1. The van der Waals surface area contributed by atoms with Crippen LogP contribution in [0.2, 0.25) is 0 Å². The molecule has 0 aliphatic heterocycles. The summed E-state index contributed by atoms with van der Waals surface area (Å²) in [5.74, 6) is 0.447. The Balaban J connectivity index is 2.86. The topological polar surface area (TPSA) is 29.1 Å². The molecule has 1 amide bonds. The summed E-state index contributed by atoms with van der Waals surface area (Å²) in [5, 5.41) is 2.92. The minimum atomic E-state index is -0.0223. The maximum atomic E-state index is 11.9. The second kappa shape index (κ2) is 5.67. The monoisotopic (exact) mass is 231 g/mol. The summed E-state index contributed by atoms with van der Waals surface area (Å²) in [6, 6.07) is 8.00. The molecule has 0 unspecified atom stereocenters. The van der Waals surface area contributed by atoms with Gasteiger partial charge in [-0.25, -0.2) is 0 Å². The molecule has 0 aliphatic rings. The Morgan fingerprint density at radius 2 is 1.82 bits per heavy atom. The maximum absolute atomic E-state index is 11.9. The van der Waals surface area contributed by atoms with Crippen LogP contribution in [0, 0.1) is 0 Å². The number of hydrogen-bond acceptors (Lipinski definition) is 1. The Hall–Kier alpha value is -1.57. The third-order valence-corrected chi connectivity index (χ3v) is 2.90. The molecule has 2 nitrogen and oxygen atoms in total. The lowest BCUT2D eigenvalue weighted by Gasteiger charge is -2.10. The molecule has 0 aliphatic carbocycles. The number of anilines is 1. The first-order chi connectivity index (χ1) is 7.91. The third-order valence-electron chi connectivity index (χ3n) is 2.90. The van der Waals surface area contributed by atoms with Gasteiger partial charge in [0.05, 0.1) is 0 Å². The van der Waals surface area contributed by atoms with Crippen LogP contribution in [-0.2, 0) is 4.79 Å². The second-order valence-electron chi connectivity index (χ2n) is 4.86. The Morgan fingerprint density at radius 3 is 2.35 bits per heavy atom. The van der Waals surface area contributed by atoms with E-state index >= 15 is 0 Å². The molecule has 0 heterocycles. The van der Waals surface area contributed by atoms with Gasteiger partial charge in [0.2, 0.25) is 0 Å². The molecule has 17 heavy (non-hydrogen) atoms. The molecule has 0 aromatic heterocycles. The first kappa shape index (κ1) is 13.5. The smallest absolute Gasteiger partial charge is 0.251 e. The van der Waals surface area contributed by atoms with Crippen molar-refractivity contribution < 1.29 is 4.79 Å². The van der Waals surface area contributed by atoms with Crippen molar-refractivity contribution in [3.63, 3.8) is 0 Å². The highest BCUT2D eigenvalue weighted by Crippen LogP contribution is 2.19. The molecule has 0 bridgehead atoms. The summed E-state index contributed by atoms with van der Waals surface area (Å²) < 4.78 is 0. The van der Waals surface area contributed by atoms with Crippen molar-refractivity contribution in [3.05, 3.63) is 41.0 Å². The summed E-state index contributed by atoms with van der Waals surface area (Å²) in [5.41, 5.74) is 3.92. The van der Waals surface area contributed by atoms with Gasteiger partial charge < -0.3 is 5.32 Å². The van der Waals surface area contributed by atoms with E-state index in [4.69, 9.17) is 0 Å². The molecule has 0 saturated carbocycles. The van der Waals surface area contributed by atoms with E-state index in [1.807, 2.05) is 39.0 Å². The average molecular weight is 231 g/mol. The molecule has 0 radical (unpaired) electrons. The zero-order valence-corrected chi connectivity index (χ0v) is 11.3. The first-order valence-electron chi connectivity index (χ1n) is 5.97. The summed E-state index contributed by atoms with van der Waals surface area (Å²) in [7, 11) is 0. The van der Waals surface area contributed by atoms with Gasteiger partial charge in [0.1, 0.15) is 0 Å². The van der Waals surface area contributed by atoms with E-state index in [-0.39, 0.29) is 5.91 Å². The fourth-order valence-electron chi connectivity index (χ4n) is 1.43.